The zero-order chi connectivity index (χ0) is 45.9. The van der Waals surface area contributed by atoms with Gasteiger partial charge in [-0.15, -0.1) is 0 Å². The standard InChI is InChI=1S/C54H105NO8/c1-3-5-7-9-11-13-15-17-18-19-20-21-22-23-24-25-26-27-28-29-30-32-34-36-38-40-42-44-50(58)55-47(46-62-54-53(61)52(60)51(59)49(45-56)63-54)48(57)43-41-39-37-35-33-31-16-14-12-10-8-6-4-2/h41,43,47-49,51-54,56-57,59-61H,3-40,42,44-46H2,1-2H3,(H,55,58)/b43-41+/t47-,48+,49+,51-,52?,53?,54+/m0/s1. The maximum atomic E-state index is 13.0. The third-order valence-corrected chi connectivity index (χ3v) is 13.4. The van der Waals surface area contributed by atoms with Gasteiger partial charge in [0.2, 0.25) is 5.91 Å². The van der Waals surface area contributed by atoms with Crippen molar-refractivity contribution < 1.29 is 39.8 Å². The van der Waals surface area contributed by atoms with E-state index in [-0.39, 0.29) is 12.5 Å². The fourth-order valence-corrected chi connectivity index (χ4v) is 8.98. The number of hydrogen-bond acceptors (Lipinski definition) is 8. The van der Waals surface area contributed by atoms with E-state index in [1.54, 1.807) is 6.08 Å². The van der Waals surface area contributed by atoms with Gasteiger partial charge in [0.15, 0.2) is 6.29 Å². The normalized spacial score (nSPS) is 20.1. The second-order valence-electron chi connectivity index (χ2n) is 19.4. The molecular weight excluding hydrogens is 791 g/mol. The minimum atomic E-state index is -1.56. The van der Waals surface area contributed by atoms with Crippen LogP contribution in [0.2, 0.25) is 0 Å². The summed E-state index contributed by atoms with van der Waals surface area (Å²) in [5, 5.41) is 54.3. The van der Waals surface area contributed by atoms with Crippen molar-refractivity contribution in [2.45, 2.75) is 314 Å². The van der Waals surface area contributed by atoms with Crippen LogP contribution < -0.4 is 5.32 Å². The van der Waals surface area contributed by atoms with E-state index >= 15 is 0 Å². The molecule has 0 aromatic carbocycles. The van der Waals surface area contributed by atoms with Crippen LogP contribution >= 0.6 is 0 Å². The Labute approximate surface area is 388 Å². The Kier molecular flexibility index (Phi) is 42.6. The number of ether oxygens (including phenoxy) is 2. The Balaban J connectivity index is 2.17. The van der Waals surface area contributed by atoms with Crippen molar-refractivity contribution >= 4 is 5.91 Å². The summed E-state index contributed by atoms with van der Waals surface area (Å²) in [4.78, 5) is 13.0. The largest absolute Gasteiger partial charge is 0.394 e. The third kappa shape index (κ3) is 34.8. The Bertz CT molecular complexity index is 997. The summed E-state index contributed by atoms with van der Waals surface area (Å²) in [5.74, 6) is -0.171. The van der Waals surface area contributed by atoms with Gasteiger partial charge >= 0.3 is 0 Å². The highest BCUT2D eigenvalue weighted by Crippen LogP contribution is 2.23. The molecule has 9 nitrogen and oxygen atoms in total. The molecule has 1 amide bonds. The minimum Gasteiger partial charge on any atom is -0.394 e. The summed E-state index contributed by atoms with van der Waals surface area (Å²) >= 11 is 0. The Morgan fingerprint density at radius 3 is 1.24 bits per heavy atom. The Hall–Kier alpha value is -1.07. The van der Waals surface area contributed by atoms with Crippen molar-refractivity contribution in [3.05, 3.63) is 12.2 Å². The molecule has 63 heavy (non-hydrogen) atoms. The topological polar surface area (TPSA) is 149 Å². The molecule has 2 unspecified atom stereocenters. The van der Waals surface area contributed by atoms with E-state index in [9.17, 15) is 30.3 Å². The second kappa shape index (κ2) is 44.7. The van der Waals surface area contributed by atoms with Gasteiger partial charge in [0, 0.05) is 6.42 Å². The van der Waals surface area contributed by atoms with E-state index in [1.165, 1.54) is 212 Å². The molecule has 0 radical (unpaired) electrons. The molecule has 0 spiro atoms. The summed E-state index contributed by atoms with van der Waals surface area (Å²) in [6.07, 6.45) is 47.1. The fraction of sp³-hybridized carbons (Fsp3) is 0.944. The molecule has 1 rings (SSSR count). The quantitative estimate of drug-likeness (QED) is 0.0261. The lowest BCUT2D eigenvalue weighted by atomic mass is 9.99. The van der Waals surface area contributed by atoms with Crippen LogP contribution in [0.4, 0.5) is 0 Å². The highest BCUT2D eigenvalue weighted by molar-refractivity contribution is 5.76. The number of unbranched alkanes of at least 4 members (excludes halogenated alkanes) is 37. The number of rotatable bonds is 47. The number of carbonyl (C=O) groups excluding carboxylic acids is 1. The Morgan fingerprint density at radius 1 is 0.524 bits per heavy atom. The van der Waals surface area contributed by atoms with Crippen LogP contribution in [-0.4, -0.2) is 87.5 Å². The maximum Gasteiger partial charge on any atom is 0.220 e. The first-order valence-electron chi connectivity index (χ1n) is 27.4. The molecular formula is C54H105NO8. The van der Waals surface area contributed by atoms with Gasteiger partial charge in [0.1, 0.15) is 24.4 Å². The first kappa shape index (κ1) is 59.9. The Morgan fingerprint density at radius 2 is 0.873 bits per heavy atom. The van der Waals surface area contributed by atoms with E-state index in [0.717, 1.165) is 38.5 Å². The monoisotopic (exact) mass is 896 g/mol. The fourth-order valence-electron chi connectivity index (χ4n) is 8.98. The number of aliphatic hydroxyl groups is 5. The molecule has 1 saturated heterocycles. The number of aliphatic hydroxyl groups excluding tert-OH is 5. The summed E-state index contributed by atoms with van der Waals surface area (Å²) < 4.78 is 11.2. The molecule has 9 heteroatoms. The number of hydrogen-bond donors (Lipinski definition) is 6. The van der Waals surface area contributed by atoms with Crippen LogP contribution in [0.1, 0.15) is 271 Å². The van der Waals surface area contributed by atoms with Crippen molar-refractivity contribution in [1.82, 2.24) is 5.32 Å². The van der Waals surface area contributed by atoms with Gasteiger partial charge in [-0.2, -0.15) is 0 Å². The lowest BCUT2D eigenvalue weighted by molar-refractivity contribution is -0.302. The molecule has 1 aliphatic heterocycles. The molecule has 6 N–H and O–H groups in total. The SMILES string of the molecule is CCCCCCCCCCCCC/C=C/[C@@H](O)[C@H](CO[C@@H]1O[C@H](CO)[C@H](O)C(O)C1O)NC(=O)CCCCCCCCCCCCCCCCCCCCCCCCCCCCC. The van der Waals surface area contributed by atoms with Gasteiger partial charge in [0.05, 0.1) is 25.4 Å². The van der Waals surface area contributed by atoms with Gasteiger partial charge < -0.3 is 40.3 Å². The van der Waals surface area contributed by atoms with Crippen LogP contribution in [-0.2, 0) is 14.3 Å². The molecule has 1 heterocycles. The van der Waals surface area contributed by atoms with Crippen LogP contribution in [0.15, 0.2) is 12.2 Å². The van der Waals surface area contributed by atoms with E-state index < -0.39 is 49.5 Å². The van der Waals surface area contributed by atoms with Gasteiger partial charge in [-0.05, 0) is 19.3 Å². The van der Waals surface area contributed by atoms with Crippen molar-refractivity contribution in [2.75, 3.05) is 13.2 Å². The molecule has 0 saturated carbocycles. The van der Waals surface area contributed by atoms with Gasteiger partial charge in [-0.25, -0.2) is 0 Å². The molecule has 1 aliphatic rings. The number of amides is 1. The summed E-state index contributed by atoms with van der Waals surface area (Å²) in [5.41, 5.74) is 0. The van der Waals surface area contributed by atoms with Gasteiger partial charge in [-0.1, -0.05) is 257 Å². The average molecular weight is 896 g/mol. The first-order chi connectivity index (χ1) is 30.8. The van der Waals surface area contributed by atoms with Gasteiger partial charge in [-0.3, -0.25) is 4.79 Å². The van der Waals surface area contributed by atoms with E-state index in [4.69, 9.17) is 9.47 Å². The molecule has 374 valence electrons. The molecule has 1 fully saturated rings. The number of nitrogens with one attached hydrogen (secondary N) is 1. The highest BCUT2D eigenvalue weighted by atomic mass is 16.7. The smallest absolute Gasteiger partial charge is 0.220 e. The second-order valence-corrected chi connectivity index (χ2v) is 19.4. The lowest BCUT2D eigenvalue weighted by Gasteiger charge is -2.40. The van der Waals surface area contributed by atoms with E-state index in [2.05, 4.69) is 19.2 Å². The predicted molar refractivity (Wildman–Crippen MR) is 263 cm³/mol. The maximum absolute atomic E-state index is 13.0. The first-order valence-corrected chi connectivity index (χ1v) is 27.4. The van der Waals surface area contributed by atoms with Crippen molar-refractivity contribution in [1.29, 1.82) is 0 Å². The zero-order valence-electron chi connectivity index (χ0n) is 41.4. The average Bonchev–Trinajstić information content (AvgIpc) is 3.28. The molecule has 0 aromatic rings. The summed E-state index contributed by atoms with van der Waals surface area (Å²) in [6, 6.07) is -0.799. The van der Waals surface area contributed by atoms with Crippen LogP contribution in [0.3, 0.4) is 0 Å². The van der Waals surface area contributed by atoms with E-state index in [1.807, 2.05) is 6.08 Å². The highest BCUT2D eigenvalue weighted by Gasteiger charge is 2.44. The molecule has 0 bridgehead atoms. The lowest BCUT2D eigenvalue weighted by Crippen LogP contribution is -2.60. The molecule has 7 atom stereocenters. The zero-order valence-corrected chi connectivity index (χ0v) is 41.4. The van der Waals surface area contributed by atoms with E-state index in [0.29, 0.717) is 6.42 Å². The third-order valence-electron chi connectivity index (χ3n) is 13.4. The minimum absolute atomic E-state index is 0.171. The molecule has 0 aromatic heterocycles. The number of allylic oxidation sites excluding steroid dienone is 1. The van der Waals surface area contributed by atoms with Crippen LogP contribution in [0.25, 0.3) is 0 Å². The van der Waals surface area contributed by atoms with Crippen molar-refractivity contribution in [3.8, 4) is 0 Å². The number of carbonyl (C=O) groups is 1. The van der Waals surface area contributed by atoms with Crippen LogP contribution in [0, 0.1) is 0 Å². The summed E-state index contributed by atoms with van der Waals surface area (Å²) in [6.45, 7) is 3.80. The van der Waals surface area contributed by atoms with Crippen LogP contribution in [0.5, 0.6) is 0 Å². The van der Waals surface area contributed by atoms with Crippen molar-refractivity contribution in [2.24, 2.45) is 0 Å². The van der Waals surface area contributed by atoms with Crippen molar-refractivity contribution in [3.63, 3.8) is 0 Å². The predicted octanol–water partition coefficient (Wildman–Crippen LogP) is 12.8. The van der Waals surface area contributed by atoms with Gasteiger partial charge in [0.25, 0.3) is 0 Å². The summed E-state index contributed by atoms with van der Waals surface area (Å²) in [7, 11) is 0. The molecule has 0 aliphatic carbocycles.